The van der Waals surface area contributed by atoms with E-state index in [0.717, 1.165) is 5.56 Å². The van der Waals surface area contributed by atoms with Crippen molar-refractivity contribution in [3.63, 3.8) is 0 Å². The predicted octanol–water partition coefficient (Wildman–Crippen LogP) is 2.77. The summed E-state index contributed by atoms with van der Waals surface area (Å²) in [4.78, 5) is 11.8. The van der Waals surface area contributed by atoms with E-state index in [9.17, 15) is 9.90 Å². The van der Waals surface area contributed by atoms with Crippen LogP contribution in [0.25, 0.3) is 6.08 Å². The van der Waals surface area contributed by atoms with Crippen molar-refractivity contribution < 1.29 is 19.4 Å². The van der Waals surface area contributed by atoms with Crippen LogP contribution in [0.15, 0.2) is 48.5 Å². The minimum Gasteiger partial charge on any atom is -0.508 e. The molecule has 1 aliphatic heterocycles. The first-order chi connectivity index (χ1) is 10.2. The minimum atomic E-state index is -0.279. The summed E-state index contributed by atoms with van der Waals surface area (Å²) in [5.41, 5.74) is 1.38. The van der Waals surface area contributed by atoms with Gasteiger partial charge in [0.05, 0.1) is 0 Å². The molecule has 0 fully saturated rings. The van der Waals surface area contributed by atoms with Gasteiger partial charge in [0, 0.05) is 17.8 Å². The standard InChI is InChI=1S/C16H13NO4/c18-13-3-1-2-12(9-13)17-16(19)7-5-11-4-6-14-15(8-11)21-10-20-14/h1-9,18H,10H2,(H,17,19)/b7-5+. The number of amides is 1. The molecular formula is C16H13NO4. The van der Waals surface area contributed by atoms with Gasteiger partial charge < -0.3 is 19.9 Å². The van der Waals surface area contributed by atoms with E-state index in [4.69, 9.17) is 9.47 Å². The van der Waals surface area contributed by atoms with Crippen molar-refractivity contribution in [2.45, 2.75) is 0 Å². The summed E-state index contributed by atoms with van der Waals surface area (Å²) in [6.07, 6.45) is 3.10. The lowest BCUT2D eigenvalue weighted by Gasteiger charge is -2.02. The van der Waals surface area contributed by atoms with Crippen LogP contribution in [0.1, 0.15) is 5.56 Å². The average molecular weight is 283 g/mol. The largest absolute Gasteiger partial charge is 0.508 e. The fourth-order valence-corrected chi connectivity index (χ4v) is 1.96. The smallest absolute Gasteiger partial charge is 0.248 e. The second-order valence-electron chi connectivity index (χ2n) is 4.49. The number of aromatic hydroxyl groups is 1. The van der Waals surface area contributed by atoms with Crippen molar-refractivity contribution >= 4 is 17.7 Å². The molecule has 0 bridgehead atoms. The van der Waals surface area contributed by atoms with Crippen molar-refractivity contribution in [2.75, 3.05) is 12.1 Å². The van der Waals surface area contributed by atoms with E-state index in [1.54, 1.807) is 30.3 Å². The zero-order chi connectivity index (χ0) is 14.7. The van der Waals surface area contributed by atoms with Crippen molar-refractivity contribution in [3.05, 3.63) is 54.1 Å². The molecule has 5 heteroatoms. The number of carbonyl (C=O) groups is 1. The van der Waals surface area contributed by atoms with Gasteiger partial charge in [-0.05, 0) is 35.9 Å². The lowest BCUT2D eigenvalue weighted by Crippen LogP contribution is -2.07. The molecule has 5 nitrogen and oxygen atoms in total. The number of hydrogen-bond donors (Lipinski definition) is 2. The molecule has 1 amide bonds. The molecule has 2 aromatic rings. The third-order valence-electron chi connectivity index (χ3n) is 2.94. The summed E-state index contributed by atoms with van der Waals surface area (Å²) in [6.45, 7) is 0.223. The van der Waals surface area contributed by atoms with E-state index in [2.05, 4.69) is 5.32 Å². The van der Waals surface area contributed by atoms with Gasteiger partial charge in [-0.25, -0.2) is 0 Å². The lowest BCUT2D eigenvalue weighted by molar-refractivity contribution is -0.111. The first kappa shape index (κ1) is 13.1. The number of phenolic OH excluding ortho intramolecular Hbond substituents is 1. The molecule has 0 aromatic heterocycles. The number of rotatable bonds is 3. The van der Waals surface area contributed by atoms with Crippen LogP contribution < -0.4 is 14.8 Å². The molecule has 1 heterocycles. The summed E-state index contributed by atoms with van der Waals surface area (Å²) < 4.78 is 10.5. The topological polar surface area (TPSA) is 67.8 Å². The van der Waals surface area contributed by atoms with Crippen LogP contribution in [0.2, 0.25) is 0 Å². The molecule has 21 heavy (non-hydrogen) atoms. The van der Waals surface area contributed by atoms with Crippen LogP contribution in [0.5, 0.6) is 17.2 Å². The Kier molecular flexibility index (Phi) is 3.47. The molecule has 0 radical (unpaired) electrons. The Morgan fingerprint density at radius 3 is 2.86 bits per heavy atom. The van der Waals surface area contributed by atoms with Crippen LogP contribution >= 0.6 is 0 Å². The maximum Gasteiger partial charge on any atom is 0.248 e. The molecule has 0 atom stereocenters. The molecule has 2 N–H and O–H groups in total. The molecule has 3 rings (SSSR count). The van der Waals surface area contributed by atoms with E-state index in [-0.39, 0.29) is 18.4 Å². The van der Waals surface area contributed by atoms with Crippen LogP contribution in [-0.4, -0.2) is 17.8 Å². The van der Waals surface area contributed by atoms with E-state index in [1.165, 1.54) is 18.2 Å². The number of hydrogen-bond acceptors (Lipinski definition) is 4. The van der Waals surface area contributed by atoms with E-state index in [1.807, 2.05) is 6.07 Å². The third kappa shape index (κ3) is 3.14. The molecule has 2 aromatic carbocycles. The quantitative estimate of drug-likeness (QED) is 0.850. The second kappa shape index (κ2) is 5.58. The Morgan fingerprint density at radius 2 is 2.00 bits per heavy atom. The summed E-state index contributed by atoms with van der Waals surface area (Å²) in [7, 11) is 0. The number of carbonyl (C=O) groups excluding carboxylic acids is 1. The highest BCUT2D eigenvalue weighted by atomic mass is 16.7. The van der Waals surface area contributed by atoms with Gasteiger partial charge in [-0.1, -0.05) is 12.1 Å². The fourth-order valence-electron chi connectivity index (χ4n) is 1.96. The number of phenols is 1. The molecule has 0 aliphatic carbocycles. The molecular weight excluding hydrogens is 270 g/mol. The number of anilines is 1. The summed E-state index contributed by atoms with van der Waals surface area (Å²) in [5.74, 6) is 1.20. The minimum absolute atomic E-state index is 0.104. The molecule has 0 unspecified atom stereocenters. The Hall–Kier alpha value is -2.95. The first-order valence-corrected chi connectivity index (χ1v) is 6.38. The van der Waals surface area contributed by atoms with Crippen LogP contribution in [-0.2, 0) is 4.79 Å². The van der Waals surface area contributed by atoms with Crippen molar-refractivity contribution in [3.8, 4) is 17.2 Å². The second-order valence-corrected chi connectivity index (χ2v) is 4.49. The number of ether oxygens (including phenoxy) is 2. The molecule has 1 aliphatic rings. The Bertz CT molecular complexity index is 709. The normalized spacial score (nSPS) is 12.6. The summed E-state index contributed by atoms with van der Waals surface area (Å²) in [6, 6.07) is 11.8. The summed E-state index contributed by atoms with van der Waals surface area (Å²) in [5, 5.41) is 12.0. The van der Waals surface area contributed by atoms with Gasteiger partial charge in [0.25, 0.3) is 0 Å². The molecule has 0 saturated carbocycles. The maximum atomic E-state index is 11.8. The van der Waals surface area contributed by atoms with E-state index < -0.39 is 0 Å². The van der Waals surface area contributed by atoms with Gasteiger partial charge in [0.2, 0.25) is 12.7 Å². The highest BCUT2D eigenvalue weighted by molar-refractivity contribution is 6.02. The van der Waals surface area contributed by atoms with E-state index in [0.29, 0.717) is 17.2 Å². The van der Waals surface area contributed by atoms with Crippen LogP contribution in [0.3, 0.4) is 0 Å². The van der Waals surface area contributed by atoms with Gasteiger partial charge in [-0.3, -0.25) is 4.79 Å². The number of benzene rings is 2. The van der Waals surface area contributed by atoms with E-state index >= 15 is 0 Å². The highest BCUT2D eigenvalue weighted by Gasteiger charge is 2.12. The predicted molar refractivity (Wildman–Crippen MR) is 78.3 cm³/mol. The third-order valence-corrected chi connectivity index (χ3v) is 2.94. The van der Waals surface area contributed by atoms with Crippen LogP contribution in [0.4, 0.5) is 5.69 Å². The fraction of sp³-hybridized carbons (Fsp3) is 0.0625. The van der Waals surface area contributed by atoms with Crippen molar-refractivity contribution in [1.29, 1.82) is 0 Å². The van der Waals surface area contributed by atoms with Gasteiger partial charge in [-0.2, -0.15) is 0 Å². The number of nitrogens with one attached hydrogen (secondary N) is 1. The Morgan fingerprint density at radius 1 is 1.14 bits per heavy atom. The lowest BCUT2D eigenvalue weighted by atomic mass is 10.2. The Balaban J connectivity index is 1.67. The van der Waals surface area contributed by atoms with Crippen LogP contribution in [0, 0.1) is 0 Å². The highest BCUT2D eigenvalue weighted by Crippen LogP contribution is 2.32. The number of fused-ring (bicyclic) bond motifs is 1. The molecule has 106 valence electrons. The van der Waals surface area contributed by atoms with Gasteiger partial charge in [0.1, 0.15) is 5.75 Å². The maximum absolute atomic E-state index is 11.8. The zero-order valence-corrected chi connectivity index (χ0v) is 11.1. The zero-order valence-electron chi connectivity index (χ0n) is 11.1. The monoisotopic (exact) mass is 283 g/mol. The van der Waals surface area contributed by atoms with Crippen molar-refractivity contribution in [1.82, 2.24) is 0 Å². The van der Waals surface area contributed by atoms with Gasteiger partial charge in [0.15, 0.2) is 11.5 Å². The van der Waals surface area contributed by atoms with Gasteiger partial charge in [-0.15, -0.1) is 0 Å². The summed E-state index contributed by atoms with van der Waals surface area (Å²) >= 11 is 0. The van der Waals surface area contributed by atoms with Crippen molar-refractivity contribution in [2.24, 2.45) is 0 Å². The SMILES string of the molecule is O=C(/C=C/c1ccc2c(c1)OCO2)Nc1cccc(O)c1. The molecule has 0 spiro atoms. The van der Waals surface area contributed by atoms with Gasteiger partial charge >= 0.3 is 0 Å². The Labute approximate surface area is 121 Å². The molecule has 0 saturated heterocycles. The first-order valence-electron chi connectivity index (χ1n) is 6.38. The average Bonchev–Trinajstić information content (AvgIpc) is 2.92.